The molecule has 2 nitrogen and oxygen atoms in total. The molecule has 1 aromatic carbocycles. The zero-order chi connectivity index (χ0) is 11.4. The third-order valence-corrected chi connectivity index (χ3v) is 3.90. The second kappa shape index (κ2) is 5.52. The first-order chi connectivity index (χ1) is 7.77. The van der Waals surface area contributed by atoms with E-state index in [-0.39, 0.29) is 5.82 Å². The Bertz CT molecular complexity index is 473. The van der Waals surface area contributed by atoms with Crippen LogP contribution in [0.5, 0.6) is 0 Å². The van der Waals surface area contributed by atoms with E-state index in [2.05, 4.69) is 25.6 Å². The summed E-state index contributed by atoms with van der Waals surface area (Å²) in [7, 11) is 0. The van der Waals surface area contributed by atoms with Crippen molar-refractivity contribution >= 4 is 27.5 Å². The minimum absolute atomic E-state index is 0.168. The molecule has 0 aliphatic rings. The van der Waals surface area contributed by atoms with Crippen LogP contribution >= 0.6 is 27.5 Å². The molecule has 0 radical (unpaired) electrons. The highest BCUT2D eigenvalue weighted by Crippen LogP contribution is 2.19. The normalized spacial score (nSPS) is 10.6. The number of rotatable bonds is 4. The number of hydrogen-bond acceptors (Lipinski definition) is 3. The lowest BCUT2D eigenvalue weighted by atomic mass is 10.2. The molecular formula is C11H10BrFN2S. The zero-order valence-corrected chi connectivity index (χ0v) is 10.8. The second-order valence-electron chi connectivity index (χ2n) is 3.29. The molecule has 16 heavy (non-hydrogen) atoms. The Balaban J connectivity index is 1.89. The molecule has 1 heterocycles. The molecule has 0 atom stereocenters. The molecular weight excluding hydrogens is 291 g/mol. The van der Waals surface area contributed by atoms with Crippen molar-refractivity contribution in [3.05, 3.63) is 51.2 Å². The van der Waals surface area contributed by atoms with E-state index in [0.29, 0.717) is 18.7 Å². The van der Waals surface area contributed by atoms with Crippen LogP contribution < -0.4 is 5.32 Å². The molecule has 2 rings (SSSR count). The third kappa shape index (κ3) is 2.87. The Morgan fingerprint density at radius 1 is 1.31 bits per heavy atom. The monoisotopic (exact) mass is 300 g/mol. The van der Waals surface area contributed by atoms with Crippen LogP contribution in [0, 0.1) is 5.82 Å². The summed E-state index contributed by atoms with van der Waals surface area (Å²) < 4.78 is 18.3. The van der Waals surface area contributed by atoms with Gasteiger partial charge in [-0.3, -0.25) is 0 Å². The first kappa shape index (κ1) is 11.7. The Morgan fingerprint density at radius 3 is 2.81 bits per heavy atom. The fourth-order valence-corrected chi connectivity index (χ4v) is 2.51. The Hall–Kier alpha value is -0.780. The van der Waals surface area contributed by atoms with Crippen molar-refractivity contribution < 1.29 is 4.39 Å². The maximum absolute atomic E-state index is 13.3. The van der Waals surface area contributed by atoms with Gasteiger partial charge in [-0.05, 0) is 33.5 Å². The van der Waals surface area contributed by atoms with Gasteiger partial charge in [0, 0.05) is 18.7 Å². The van der Waals surface area contributed by atoms with E-state index in [1.807, 2.05) is 6.07 Å². The van der Waals surface area contributed by atoms with Crippen LogP contribution in [-0.2, 0) is 13.1 Å². The molecule has 0 saturated carbocycles. The van der Waals surface area contributed by atoms with E-state index in [1.54, 1.807) is 18.3 Å². The minimum atomic E-state index is -0.168. The molecule has 1 N–H and O–H groups in total. The summed E-state index contributed by atoms with van der Waals surface area (Å²) in [5.41, 5.74) is 0.683. The standard InChI is InChI=1S/C11H10BrFN2S/c12-9-6-15-16-11(9)7-14-5-8-3-1-2-4-10(8)13/h1-4,6,14H,5,7H2. The molecule has 5 heteroatoms. The molecule has 2 aromatic rings. The van der Waals surface area contributed by atoms with Crippen molar-refractivity contribution in [2.45, 2.75) is 13.1 Å². The van der Waals surface area contributed by atoms with Crippen molar-refractivity contribution in [1.82, 2.24) is 9.69 Å². The first-order valence-corrected chi connectivity index (χ1v) is 6.37. The summed E-state index contributed by atoms with van der Waals surface area (Å²) in [6, 6.07) is 6.78. The van der Waals surface area contributed by atoms with Gasteiger partial charge in [0.15, 0.2) is 0 Å². The maximum Gasteiger partial charge on any atom is 0.127 e. The SMILES string of the molecule is Fc1ccccc1CNCc1sncc1Br. The van der Waals surface area contributed by atoms with Gasteiger partial charge < -0.3 is 5.32 Å². The topological polar surface area (TPSA) is 24.9 Å². The highest BCUT2D eigenvalue weighted by Gasteiger charge is 2.03. The molecule has 0 saturated heterocycles. The average Bonchev–Trinajstić information content (AvgIpc) is 2.67. The third-order valence-electron chi connectivity index (χ3n) is 2.15. The minimum Gasteiger partial charge on any atom is -0.308 e. The molecule has 0 aliphatic carbocycles. The summed E-state index contributed by atoms with van der Waals surface area (Å²) in [5, 5.41) is 3.19. The Morgan fingerprint density at radius 2 is 2.12 bits per heavy atom. The van der Waals surface area contributed by atoms with E-state index in [0.717, 1.165) is 9.35 Å². The summed E-state index contributed by atoms with van der Waals surface area (Å²) >= 11 is 4.84. The van der Waals surface area contributed by atoms with Gasteiger partial charge in [0.2, 0.25) is 0 Å². The van der Waals surface area contributed by atoms with E-state index in [4.69, 9.17) is 0 Å². The van der Waals surface area contributed by atoms with Gasteiger partial charge in [0.25, 0.3) is 0 Å². The van der Waals surface area contributed by atoms with Gasteiger partial charge in [-0.25, -0.2) is 4.39 Å². The van der Waals surface area contributed by atoms with Crippen molar-refractivity contribution in [3.8, 4) is 0 Å². The molecule has 0 spiro atoms. The van der Waals surface area contributed by atoms with Crippen LogP contribution in [-0.4, -0.2) is 4.37 Å². The fourth-order valence-electron chi connectivity index (χ4n) is 1.32. The van der Waals surface area contributed by atoms with E-state index < -0.39 is 0 Å². The van der Waals surface area contributed by atoms with Crippen LogP contribution in [0.15, 0.2) is 34.9 Å². The van der Waals surface area contributed by atoms with Gasteiger partial charge in [-0.1, -0.05) is 18.2 Å². The van der Waals surface area contributed by atoms with Gasteiger partial charge in [-0.2, -0.15) is 4.37 Å². The number of aromatic nitrogens is 1. The quantitative estimate of drug-likeness (QED) is 0.937. The van der Waals surface area contributed by atoms with Gasteiger partial charge >= 0.3 is 0 Å². The van der Waals surface area contributed by atoms with Crippen molar-refractivity contribution in [3.63, 3.8) is 0 Å². The number of nitrogens with zero attached hydrogens (tertiary/aromatic N) is 1. The first-order valence-electron chi connectivity index (χ1n) is 4.80. The predicted octanol–water partition coefficient (Wildman–Crippen LogP) is 3.33. The van der Waals surface area contributed by atoms with Crippen molar-refractivity contribution in [2.24, 2.45) is 0 Å². The maximum atomic E-state index is 13.3. The van der Waals surface area contributed by atoms with Crippen LogP contribution in [0.1, 0.15) is 10.4 Å². The average molecular weight is 301 g/mol. The lowest BCUT2D eigenvalue weighted by Gasteiger charge is -2.04. The second-order valence-corrected chi connectivity index (χ2v) is 5.03. The van der Waals surface area contributed by atoms with Crippen LogP contribution in [0.3, 0.4) is 0 Å². The van der Waals surface area contributed by atoms with Crippen LogP contribution in [0.4, 0.5) is 4.39 Å². The van der Waals surface area contributed by atoms with Gasteiger partial charge in [0.05, 0.1) is 15.5 Å². The van der Waals surface area contributed by atoms with E-state index in [1.165, 1.54) is 17.6 Å². The van der Waals surface area contributed by atoms with Crippen LogP contribution in [0.25, 0.3) is 0 Å². The molecule has 84 valence electrons. The fraction of sp³-hybridized carbons (Fsp3) is 0.182. The largest absolute Gasteiger partial charge is 0.308 e. The Kier molecular flexibility index (Phi) is 4.04. The molecule has 1 aromatic heterocycles. The highest BCUT2D eigenvalue weighted by molar-refractivity contribution is 9.10. The van der Waals surface area contributed by atoms with Crippen LogP contribution in [0.2, 0.25) is 0 Å². The molecule has 0 bridgehead atoms. The molecule has 0 fully saturated rings. The highest BCUT2D eigenvalue weighted by atomic mass is 79.9. The molecule has 0 aliphatic heterocycles. The van der Waals surface area contributed by atoms with Crippen molar-refractivity contribution in [2.75, 3.05) is 0 Å². The summed E-state index contributed by atoms with van der Waals surface area (Å²) in [5.74, 6) is -0.168. The predicted molar refractivity (Wildman–Crippen MR) is 66.8 cm³/mol. The summed E-state index contributed by atoms with van der Waals surface area (Å²) in [6.45, 7) is 1.22. The summed E-state index contributed by atoms with van der Waals surface area (Å²) in [6.07, 6.45) is 1.77. The summed E-state index contributed by atoms with van der Waals surface area (Å²) in [4.78, 5) is 1.12. The number of hydrogen-bond donors (Lipinski definition) is 1. The van der Waals surface area contributed by atoms with Gasteiger partial charge in [0.1, 0.15) is 5.82 Å². The van der Waals surface area contributed by atoms with Gasteiger partial charge in [-0.15, -0.1) is 0 Å². The smallest absolute Gasteiger partial charge is 0.127 e. The lowest BCUT2D eigenvalue weighted by molar-refractivity contribution is 0.589. The van der Waals surface area contributed by atoms with E-state index in [9.17, 15) is 4.39 Å². The van der Waals surface area contributed by atoms with E-state index >= 15 is 0 Å². The zero-order valence-electron chi connectivity index (χ0n) is 8.41. The molecule has 0 unspecified atom stereocenters. The number of halogens is 2. The number of nitrogens with one attached hydrogen (secondary N) is 1. The Labute approximate surface area is 106 Å². The lowest BCUT2D eigenvalue weighted by Crippen LogP contribution is -2.13. The molecule has 0 amide bonds. The number of benzene rings is 1. The van der Waals surface area contributed by atoms with Crippen molar-refractivity contribution in [1.29, 1.82) is 0 Å².